The third-order valence-corrected chi connectivity index (χ3v) is 1.42. The van der Waals surface area contributed by atoms with E-state index in [1.807, 2.05) is 0 Å². The molecule has 6 nitrogen and oxygen atoms in total. The van der Waals surface area contributed by atoms with Crippen LogP contribution in [0.4, 0.5) is 0 Å². The average Bonchev–Trinajstić information content (AvgIpc) is 2.12. The van der Waals surface area contributed by atoms with Gasteiger partial charge in [-0.2, -0.15) is 5.10 Å². The lowest BCUT2D eigenvalue weighted by atomic mass is 10.1. The molecule has 0 rings (SSSR count). The zero-order valence-electron chi connectivity index (χ0n) is 8.03. The molecule has 0 spiro atoms. The predicted molar refractivity (Wildman–Crippen MR) is 47.9 cm³/mol. The molecule has 0 fully saturated rings. The molecule has 0 aromatic rings. The lowest BCUT2D eigenvalue weighted by Crippen LogP contribution is -2.39. The van der Waals surface area contributed by atoms with Crippen molar-refractivity contribution >= 4 is 11.8 Å². The van der Waals surface area contributed by atoms with Crippen molar-refractivity contribution < 1.29 is 14.3 Å². The smallest absolute Gasteiger partial charge is 0.337 e. The van der Waals surface area contributed by atoms with Gasteiger partial charge in [0.25, 0.3) is 0 Å². The number of rotatable bonds is 4. The van der Waals surface area contributed by atoms with Gasteiger partial charge in [-0.05, 0) is 13.8 Å². The number of ether oxygens (including phenoxy) is 2. The number of nitrogens with zero attached hydrogens (tertiary/aromatic N) is 1. The second-order valence-electron chi connectivity index (χ2n) is 2.91. The summed E-state index contributed by atoms with van der Waals surface area (Å²) in [4.78, 5) is 11.1. The summed E-state index contributed by atoms with van der Waals surface area (Å²) >= 11 is 0. The van der Waals surface area contributed by atoms with Gasteiger partial charge in [-0.1, -0.05) is 0 Å². The van der Waals surface area contributed by atoms with Gasteiger partial charge in [0.1, 0.15) is 12.4 Å². The van der Waals surface area contributed by atoms with Crippen molar-refractivity contribution in [2.75, 3.05) is 13.7 Å². The highest BCUT2D eigenvalue weighted by atomic mass is 16.6. The quantitative estimate of drug-likeness (QED) is 0.198. The fourth-order valence-electron chi connectivity index (χ4n) is 0.596. The molecule has 0 radical (unpaired) electrons. The Morgan fingerprint density at radius 1 is 1.54 bits per heavy atom. The van der Waals surface area contributed by atoms with E-state index >= 15 is 0 Å². The van der Waals surface area contributed by atoms with Crippen molar-refractivity contribution in [3.63, 3.8) is 0 Å². The fourth-order valence-corrected chi connectivity index (χ4v) is 0.596. The Bertz CT molecular complexity index is 213. The Morgan fingerprint density at radius 2 is 2.08 bits per heavy atom. The number of amidine groups is 1. The van der Waals surface area contributed by atoms with Crippen LogP contribution in [0.25, 0.3) is 0 Å². The average molecular weight is 189 g/mol. The first kappa shape index (κ1) is 11.7. The monoisotopic (exact) mass is 189 g/mol. The van der Waals surface area contributed by atoms with Crippen molar-refractivity contribution in [1.82, 2.24) is 0 Å². The first-order valence-electron chi connectivity index (χ1n) is 3.68. The van der Waals surface area contributed by atoms with E-state index in [2.05, 4.69) is 9.84 Å². The zero-order valence-corrected chi connectivity index (χ0v) is 8.03. The van der Waals surface area contributed by atoms with E-state index in [-0.39, 0.29) is 12.4 Å². The molecule has 0 heterocycles. The van der Waals surface area contributed by atoms with Crippen LogP contribution in [0.2, 0.25) is 0 Å². The van der Waals surface area contributed by atoms with E-state index in [1.54, 1.807) is 13.8 Å². The molecule has 0 saturated carbocycles. The van der Waals surface area contributed by atoms with Gasteiger partial charge < -0.3 is 21.1 Å². The summed E-state index contributed by atoms with van der Waals surface area (Å²) in [5.74, 6) is 4.52. The fraction of sp³-hybridized carbons (Fsp3) is 0.714. The SMILES string of the molecule is COC(=O)C(C)(C)OC/C(N)=N/N. The number of nitrogens with two attached hydrogens (primary N) is 2. The van der Waals surface area contributed by atoms with Gasteiger partial charge >= 0.3 is 5.97 Å². The van der Waals surface area contributed by atoms with E-state index < -0.39 is 11.6 Å². The van der Waals surface area contributed by atoms with Gasteiger partial charge in [-0.3, -0.25) is 0 Å². The normalized spacial score (nSPS) is 12.7. The molecule has 0 aliphatic rings. The van der Waals surface area contributed by atoms with Gasteiger partial charge in [0, 0.05) is 0 Å². The molecule has 0 aliphatic heterocycles. The maximum atomic E-state index is 11.1. The number of carbonyl (C=O) groups excluding carboxylic acids is 1. The lowest BCUT2D eigenvalue weighted by molar-refractivity contribution is -0.163. The Labute approximate surface area is 76.9 Å². The summed E-state index contributed by atoms with van der Waals surface area (Å²) in [6.45, 7) is 3.14. The third kappa shape index (κ3) is 3.75. The zero-order chi connectivity index (χ0) is 10.5. The highest BCUT2D eigenvalue weighted by Gasteiger charge is 2.29. The minimum absolute atomic E-state index is 0.00139. The molecule has 0 unspecified atom stereocenters. The second kappa shape index (κ2) is 4.66. The van der Waals surface area contributed by atoms with Gasteiger partial charge in [0.2, 0.25) is 0 Å². The summed E-state index contributed by atoms with van der Waals surface area (Å²) < 4.78 is 9.63. The topological polar surface area (TPSA) is 99.9 Å². The summed E-state index contributed by atoms with van der Waals surface area (Å²) in [7, 11) is 1.29. The number of hydrazone groups is 1. The standard InChI is InChI=1S/C7H15N3O3/c1-7(2,6(11)12-3)13-4-5(8)10-9/h4,9H2,1-3H3,(H2,8,10). The number of carbonyl (C=O) groups is 1. The lowest BCUT2D eigenvalue weighted by Gasteiger charge is -2.21. The number of methoxy groups -OCH3 is 1. The van der Waals surface area contributed by atoms with E-state index in [0.29, 0.717) is 0 Å². The van der Waals surface area contributed by atoms with Crippen molar-refractivity contribution in [2.45, 2.75) is 19.4 Å². The maximum absolute atomic E-state index is 11.1. The third-order valence-electron chi connectivity index (χ3n) is 1.42. The minimum Gasteiger partial charge on any atom is -0.467 e. The Kier molecular flexibility index (Phi) is 4.19. The van der Waals surface area contributed by atoms with Crippen molar-refractivity contribution in [3.05, 3.63) is 0 Å². The second-order valence-corrected chi connectivity index (χ2v) is 2.91. The molecule has 0 bridgehead atoms. The van der Waals surface area contributed by atoms with Crippen LogP contribution in [0.5, 0.6) is 0 Å². The summed E-state index contributed by atoms with van der Waals surface area (Å²) in [5, 5.41) is 3.19. The molecule has 0 amide bonds. The van der Waals surface area contributed by atoms with E-state index in [4.69, 9.17) is 16.3 Å². The highest BCUT2D eigenvalue weighted by molar-refractivity contribution is 5.82. The molecule has 13 heavy (non-hydrogen) atoms. The predicted octanol–water partition coefficient (Wildman–Crippen LogP) is -0.814. The Morgan fingerprint density at radius 3 is 2.46 bits per heavy atom. The molecule has 0 aromatic carbocycles. The Balaban J connectivity index is 4.11. The van der Waals surface area contributed by atoms with E-state index in [0.717, 1.165) is 0 Å². The van der Waals surface area contributed by atoms with Crippen molar-refractivity contribution in [2.24, 2.45) is 16.7 Å². The molecule has 0 aromatic heterocycles. The molecule has 6 heteroatoms. The molecule has 0 aliphatic carbocycles. The Hall–Kier alpha value is -1.30. The molecule has 0 atom stereocenters. The first-order valence-corrected chi connectivity index (χ1v) is 3.68. The number of hydrogen-bond donors (Lipinski definition) is 2. The van der Waals surface area contributed by atoms with Crippen LogP contribution in [0.3, 0.4) is 0 Å². The van der Waals surface area contributed by atoms with Crippen LogP contribution in [0, 0.1) is 0 Å². The molecular formula is C7H15N3O3. The first-order chi connectivity index (χ1) is 5.94. The summed E-state index contributed by atoms with van der Waals surface area (Å²) in [5.41, 5.74) is 4.23. The van der Waals surface area contributed by atoms with Crippen molar-refractivity contribution in [1.29, 1.82) is 0 Å². The van der Waals surface area contributed by atoms with Crippen LogP contribution in [-0.2, 0) is 14.3 Å². The van der Waals surface area contributed by atoms with Gasteiger partial charge in [-0.15, -0.1) is 0 Å². The molecule has 0 saturated heterocycles. The van der Waals surface area contributed by atoms with E-state index in [9.17, 15) is 4.79 Å². The largest absolute Gasteiger partial charge is 0.467 e. The highest BCUT2D eigenvalue weighted by Crippen LogP contribution is 2.10. The minimum atomic E-state index is -1.04. The van der Waals surface area contributed by atoms with Gasteiger partial charge in [-0.25, -0.2) is 4.79 Å². The van der Waals surface area contributed by atoms with Gasteiger partial charge in [0.05, 0.1) is 7.11 Å². The van der Waals surface area contributed by atoms with Crippen LogP contribution < -0.4 is 11.6 Å². The van der Waals surface area contributed by atoms with Crippen molar-refractivity contribution in [3.8, 4) is 0 Å². The maximum Gasteiger partial charge on any atom is 0.337 e. The van der Waals surface area contributed by atoms with Crippen LogP contribution >= 0.6 is 0 Å². The van der Waals surface area contributed by atoms with Crippen LogP contribution in [-0.4, -0.2) is 31.1 Å². The molecular weight excluding hydrogens is 174 g/mol. The molecule has 76 valence electrons. The summed E-state index contributed by atoms with van der Waals surface area (Å²) in [6, 6.07) is 0. The number of esters is 1. The van der Waals surface area contributed by atoms with Gasteiger partial charge in [0.15, 0.2) is 5.60 Å². The number of hydrogen-bond acceptors (Lipinski definition) is 5. The molecule has 4 N–H and O–H groups in total. The summed E-state index contributed by atoms with van der Waals surface area (Å²) in [6.07, 6.45) is 0. The van der Waals surface area contributed by atoms with Crippen LogP contribution in [0.15, 0.2) is 5.10 Å². The van der Waals surface area contributed by atoms with Crippen LogP contribution in [0.1, 0.15) is 13.8 Å². The van der Waals surface area contributed by atoms with E-state index in [1.165, 1.54) is 7.11 Å².